The molecule has 1 atom stereocenters. The molecule has 0 aromatic heterocycles. The lowest BCUT2D eigenvalue weighted by molar-refractivity contribution is 0.222. The van der Waals surface area contributed by atoms with E-state index in [2.05, 4.69) is 17.6 Å². The molecular formula is C18H20N2O2. The number of carbonyl (C=O) groups is 1. The van der Waals surface area contributed by atoms with Gasteiger partial charge >= 0.3 is 6.03 Å². The number of urea groups is 1. The molecule has 0 saturated heterocycles. The molecule has 2 aromatic rings. The van der Waals surface area contributed by atoms with Gasteiger partial charge < -0.3 is 15.4 Å². The molecule has 0 unspecified atom stereocenters. The Morgan fingerprint density at radius 2 is 1.95 bits per heavy atom. The van der Waals surface area contributed by atoms with Gasteiger partial charge in [0.15, 0.2) is 0 Å². The zero-order chi connectivity index (χ0) is 15.4. The number of carbonyl (C=O) groups excluding carboxylic acids is 1. The average Bonchev–Trinajstić information content (AvgIpc) is 2.55. The molecule has 0 spiro atoms. The maximum atomic E-state index is 12.1. The Hall–Kier alpha value is -2.49. The van der Waals surface area contributed by atoms with Crippen LogP contribution >= 0.6 is 0 Å². The first-order valence-corrected chi connectivity index (χ1v) is 7.62. The molecule has 1 aliphatic heterocycles. The van der Waals surface area contributed by atoms with Crippen molar-refractivity contribution in [2.75, 3.05) is 11.9 Å². The van der Waals surface area contributed by atoms with Gasteiger partial charge in [-0.2, -0.15) is 0 Å². The Morgan fingerprint density at radius 3 is 2.73 bits per heavy atom. The molecule has 0 saturated carbocycles. The third kappa shape index (κ3) is 3.39. The minimum atomic E-state index is -0.197. The van der Waals surface area contributed by atoms with Crippen molar-refractivity contribution in [3.05, 3.63) is 59.7 Å². The van der Waals surface area contributed by atoms with Crippen molar-refractivity contribution < 1.29 is 9.53 Å². The van der Waals surface area contributed by atoms with E-state index in [9.17, 15) is 4.79 Å². The van der Waals surface area contributed by atoms with E-state index in [1.807, 2.05) is 48.5 Å². The van der Waals surface area contributed by atoms with Crippen LogP contribution in [0, 0.1) is 0 Å². The first kappa shape index (κ1) is 14.4. The second-order valence-electron chi connectivity index (χ2n) is 5.47. The molecular weight excluding hydrogens is 276 g/mol. The van der Waals surface area contributed by atoms with Gasteiger partial charge in [0.1, 0.15) is 12.4 Å². The fourth-order valence-corrected chi connectivity index (χ4v) is 2.60. The summed E-state index contributed by atoms with van der Waals surface area (Å²) in [7, 11) is 0. The predicted octanol–water partition coefficient (Wildman–Crippen LogP) is 3.37. The zero-order valence-electron chi connectivity index (χ0n) is 12.6. The highest BCUT2D eigenvalue weighted by Gasteiger charge is 2.20. The van der Waals surface area contributed by atoms with Gasteiger partial charge in [-0.05, 0) is 42.2 Å². The van der Waals surface area contributed by atoms with Crippen LogP contribution in [0.2, 0.25) is 0 Å². The van der Waals surface area contributed by atoms with Crippen molar-refractivity contribution in [3.8, 4) is 5.75 Å². The third-order valence-corrected chi connectivity index (χ3v) is 3.83. The van der Waals surface area contributed by atoms with Gasteiger partial charge in [-0.25, -0.2) is 4.79 Å². The Balaban J connectivity index is 1.56. The van der Waals surface area contributed by atoms with E-state index in [0.717, 1.165) is 29.8 Å². The minimum Gasteiger partial charge on any atom is -0.491 e. The van der Waals surface area contributed by atoms with Crippen molar-refractivity contribution in [2.45, 2.75) is 25.8 Å². The van der Waals surface area contributed by atoms with E-state index in [1.54, 1.807) is 0 Å². The van der Waals surface area contributed by atoms with Gasteiger partial charge in [-0.1, -0.05) is 37.3 Å². The summed E-state index contributed by atoms with van der Waals surface area (Å²) in [6, 6.07) is 15.6. The Morgan fingerprint density at radius 1 is 1.18 bits per heavy atom. The summed E-state index contributed by atoms with van der Waals surface area (Å²) >= 11 is 0. The topological polar surface area (TPSA) is 50.4 Å². The summed E-state index contributed by atoms with van der Waals surface area (Å²) in [6.07, 6.45) is 1.78. The summed E-state index contributed by atoms with van der Waals surface area (Å²) < 4.78 is 5.67. The summed E-state index contributed by atoms with van der Waals surface area (Å²) in [6.45, 7) is 2.61. The van der Waals surface area contributed by atoms with Gasteiger partial charge in [0.05, 0.1) is 6.04 Å². The van der Waals surface area contributed by atoms with E-state index < -0.39 is 0 Å². The van der Waals surface area contributed by atoms with E-state index in [4.69, 9.17) is 4.74 Å². The minimum absolute atomic E-state index is 0.00943. The van der Waals surface area contributed by atoms with Crippen LogP contribution in [0.4, 0.5) is 10.5 Å². The zero-order valence-corrected chi connectivity index (χ0v) is 12.6. The van der Waals surface area contributed by atoms with Crippen molar-refractivity contribution >= 4 is 11.7 Å². The molecule has 0 radical (unpaired) electrons. The second kappa shape index (κ2) is 6.52. The van der Waals surface area contributed by atoms with Crippen LogP contribution in [0.3, 0.4) is 0 Å². The molecule has 2 N–H and O–H groups in total. The number of ether oxygens (including phenoxy) is 1. The maximum Gasteiger partial charge on any atom is 0.319 e. The number of nitrogens with one attached hydrogen (secondary N) is 2. The number of anilines is 1. The van der Waals surface area contributed by atoms with Gasteiger partial charge in [0.25, 0.3) is 0 Å². The first-order chi connectivity index (χ1) is 10.7. The van der Waals surface area contributed by atoms with E-state index in [1.165, 1.54) is 5.56 Å². The lowest BCUT2D eigenvalue weighted by Gasteiger charge is -2.26. The summed E-state index contributed by atoms with van der Waals surface area (Å²) in [5.41, 5.74) is 3.18. The van der Waals surface area contributed by atoms with Gasteiger partial charge in [-0.15, -0.1) is 0 Å². The Kier molecular flexibility index (Phi) is 4.28. The molecule has 2 aromatic carbocycles. The molecule has 0 aliphatic carbocycles. The summed E-state index contributed by atoms with van der Waals surface area (Å²) in [4.78, 5) is 12.1. The molecule has 3 rings (SSSR count). The SMILES string of the molecule is CCc1ccc(NC(=O)N[C@H]2COc3ccccc3C2)cc1. The number of aryl methyl sites for hydroxylation is 1. The average molecular weight is 296 g/mol. The molecule has 1 heterocycles. The Bertz CT molecular complexity index is 652. The fraction of sp³-hybridized carbons (Fsp3) is 0.278. The van der Waals surface area contributed by atoms with Crippen LogP contribution in [-0.4, -0.2) is 18.7 Å². The molecule has 4 heteroatoms. The van der Waals surface area contributed by atoms with Crippen molar-refractivity contribution in [1.29, 1.82) is 0 Å². The number of para-hydroxylation sites is 1. The van der Waals surface area contributed by atoms with Crippen molar-refractivity contribution in [3.63, 3.8) is 0 Å². The highest BCUT2D eigenvalue weighted by atomic mass is 16.5. The normalized spacial score (nSPS) is 16.3. The number of benzene rings is 2. The van der Waals surface area contributed by atoms with E-state index in [0.29, 0.717) is 6.61 Å². The lowest BCUT2D eigenvalue weighted by atomic mass is 10.0. The Labute approximate surface area is 130 Å². The number of hydrogen-bond acceptors (Lipinski definition) is 2. The summed E-state index contributed by atoms with van der Waals surface area (Å²) in [5.74, 6) is 0.913. The quantitative estimate of drug-likeness (QED) is 0.912. The third-order valence-electron chi connectivity index (χ3n) is 3.83. The lowest BCUT2D eigenvalue weighted by Crippen LogP contribution is -2.44. The number of fused-ring (bicyclic) bond motifs is 1. The van der Waals surface area contributed by atoms with E-state index in [-0.39, 0.29) is 12.1 Å². The van der Waals surface area contributed by atoms with Gasteiger partial charge in [0.2, 0.25) is 0 Å². The monoisotopic (exact) mass is 296 g/mol. The van der Waals surface area contributed by atoms with Crippen LogP contribution in [0.1, 0.15) is 18.1 Å². The van der Waals surface area contributed by atoms with Crippen LogP contribution in [0.15, 0.2) is 48.5 Å². The van der Waals surface area contributed by atoms with Crippen molar-refractivity contribution in [1.82, 2.24) is 5.32 Å². The molecule has 4 nitrogen and oxygen atoms in total. The standard InChI is InChI=1S/C18H20N2O2/c1-2-13-7-9-15(10-8-13)19-18(21)20-16-11-14-5-3-4-6-17(14)22-12-16/h3-10,16H,2,11-12H2,1H3,(H2,19,20,21)/t16-/m1/s1. The van der Waals surface area contributed by atoms with Crippen LogP contribution in [0.5, 0.6) is 5.75 Å². The highest BCUT2D eigenvalue weighted by molar-refractivity contribution is 5.89. The smallest absolute Gasteiger partial charge is 0.319 e. The number of hydrogen-bond donors (Lipinski definition) is 2. The largest absolute Gasteiger partial charge is 0.491 e. The molecule has 1 aliphatic rings. The van der Waals surface area contributed by atoms with E-state index >= 15 is 0 Å². The first-order valence-electron chi connectivity index (χ1n) is 7.62. The van der Waals surface area contributed by atoms with Crippen LogP contribution in [-0.2, 0) is 12.8 Å². The molecule has 0 bridgehead atoms. The molecule has 22 heavy (non-hydrogen) atoms. The van der Waals surface area contributed by atoms with Crippen molar-refractivity contribution in [2.24, 2.45) is 0 Å². The predicted molar refractivity (Wildman–Crippen MR) is 87.4 cm³/mol. The highest BCUT2D eigenvalue weighted by Crippen LogP contribution is 2.23. The molecule has 114 valence electrons. The molecule has 2 amide bonds. The van der Waals surface area contributed by atoms with Gasteiger partial charge in [0, 0.05) is 5.69 Å². The maximum absolute atomic E-state index is 12.1. The fourth-order valence-electron chi connectivity index (χ4n) is 2.60. The number of amides is 2. The van der Waals surface area contributed by atoms with Crippen LogP contribution in [0.25, 0.3) is 0 Å². The molecule has 0 fully saturated rings. The van der Waals surface area contributed by atoms with Crippen LogP contribution < -0.4 is 15.4 Å². The summed E-state index contributed by atoms with van der Waals surface area (Å²) in [5, 5.41) is 5.82. The number of rotatable bonds is 3. The second-order valence-corrected chi connectivity index (χ2v) is 5.47. The van der Waals surface area contributed by atoms with Gasteiger partial charge in [-0.3, -0.25) is 0 Å².